The summed E-state index contributed by atoms with van der Waals surface area (Å²) in [6.45, 7) is 5.86. The minimum absolute atomic E-state index is 0. The van der Waals surface area contributed by atoms with Gasteiger partial charge in [-0.3, -0.25) is 0 Å². The standard InChI is InChI=1S/C14H20N2.ClH/c1-2-6-14(7-3-1)8-4-5-11-16-12-9-15-10-13-16;/h1-4,6-8,15H,5,9-13H2;1H/b8-4+;. The second-order valence-electron chi connectivity index (χ2n) is 4.19. The number of hydrogen-bond acceptors (Lipinski definition) is 2. The highest BCUT2D eigenvalue weighted by atomic mass is 35.5. The van der Waals surface area contributed by atoms with Gasteiger partial charge in [-0.25, -0.2) is 0 Å². The molecule has 94 valence electrons. The van der Waals surface area contributed by atoms with Crippen molar-refractivity contribution in [1.29, 1.82) is 0 Å². The monoisotopic (exact) mass is 252 g/mol. The molecule has 0 atom stereocenters. The van der Waals surface area contributed by atoms with E-state index in [2.05, 4.69) is 52.7 Å². The molecule has 1 aromatic carbocycles. The van der Waals surface area contributed by atoms with Crippen molar-refractivity contribution in [2.45, 2.75) is 6.42 Å². The quantitative estimate of drug-likeness (QED) is 0.886. The number of hydrogen-bond donors (Lipinski definition) is 1. The van der Waals surface area contributed by atoms with Crippen molar-refractivity contribution < 1.29 is 0 Å². The van der Waals surface area contributed by atoms with Gasteiger partial charge >= 0.3 is 0 Å². The maximum Gasteiger partial charge on any atom is 0.0107 e. The molecule has 0 amide bonds. The van der Waals surface area contributed by atoms with Crippen LogP contribution >= 0.6 is 12.4 Å². The van der Waals surface area contributed by atoms with Gasteiger partial charge < -0.3 is 10.2 Å². The molecular weight excluding hydrogens is 232 g/mol. The van der Waals surface area contributed by atoms with Gasteiger partial charge in [0.05, 0.1) is 0 Å². The zero-order valence-electron chi connectivity index (χ0n) is 10.1. The van der Waals surface area contributed by atoms with Crippen LogP contribution in [0.15, 0.2) is 36.4 Å². The molecule has 0 bridgehead atoms. The van der Waals surface area contributed by atoms with E-state index in [9.17, 15) is 0 Å². The predicted octanol–water partition coefficient (Wildman–Crippen LogP) is 2.42. The molecule has 0 radical (unpaired) electrons. The third-order valence-corrected chi connectivity index (χ3v) is 2.93. The molecule has 0 aliphatic carbocycles. The van der Waals surface area contributed by atoms with Gasteiger partial charge in [-0.2, -0.15) is 0 Å². The van der Waals surface area contributed by atoms with Crippen molar-refractivity contribution in [2.24, 2.45) is 0 Å². The van der Waals surface area contributed by atoms with Crippen LogP contribution in [0.1, 0.15) is 12.0 Å². The number of nitrogens with zero attached hydrogens (tertiary/aromatic N) is 1. The minimum atomic E-state index is 0. The average Bonchev–Trinajstić information content (AvgIpc) is 2.37. The van der Waals surface area contributed by atoms with E-state index in [0.717, 1.165) is 19.5 Å². The largest absolute Gasteiger partial charge is 0.314 e. The molecule has 1 aromatic rings. The van der Waals surface area contributed by atoms with Crippen LogP contribution in [-0.2, 0) is 0 Å². The van der Waals surface area contributed by atoms with Crippen molar-refractivity contribution in [3.63, 3.8) is 0 Å². The lowest BCUT2D eigenvalue weighted by atomic mass is 10.2. The first-order chi connectivity index (χ1) is 7.95. The van der Waals surface area contributed by atoms with Crippen molar-refractivity contribution in [2.75, 3.05) is 32.7 Å². The van der Waals surface area contributed by atoms with Gasteiger partial charge in [-0.15, -0.1) is 12.4 Å². The molecule has 0 spiro atoms. The molecule has 1 aliphatic rings. The summed E-state index contributed by atoms with van der Waals surface area (Å²) in [5.74, 6) is 0. The number of benzene rings is 1. The first kappa shape index (κ1) is 14.2. The Morgan fingerprint density at radius 2 is 1.82 bits per heavy atom. The van der Waals surface area contributed by atoms with Crippen molar-refractivity contribution >= 4 is 18.5 Å². The van der Waals surface area contributed by atoms with Crippen LogP contribution in [0, 0.1) is 0 Å². The van der Waals surface area contributed by atoms with Crippen LogP contribution in [-0.4, -0.2) is 37.6 Å². The zero-order chi connectivity index (χ0) is 11.1. The van der Waals surface area contributed by atoms with E-state index in [-0.39, 0.29) is 12.4 Å². The van der Waals surface area contributed by atoms with Gasteiger partial charge in [0.15, 0.2) is 0 Å². The molecule has 1 fully saturated rings. The topological polar surface area (TPSA) is 15.3 Å². The predicted molar refractivity (Wildman–Crippen MR) is 76.7 cm³/mol. The third-order valence-electron chi connectivity index (χ3n) is 2.93. The molecule has 0 saturated carbocycles. The first-order valence-electron chi connectivity index (χ1n) is 6.10. The van der Waals surface area contributed by atoms with Gasteiger partial charge in [0.1, 0.15) is 0 Å². The highest BCUT2D eigenvalue weighted by molar-refractivity contribution is 5.85. The Hall–Kier alpha value is -0.830. The number of halogens is 1. The number of nitrogens with one attached hydrogen (secondary N) is 1. The first-order valence-corrected chi connectivity index (χ1v) is 6.10. The van der Waals surface area contributed by atoms with Crippen LogP contribution in [0.3, 0.4) is 0 Å². The lowest BCUT2D eigenvalue weighted by Gasteiger charge is -2.26. The smallest absolute Gasteiger partial charge is 0.0107 e. The van der Waals surface area contributed by atoms with E-state index < -0.39 is 0 Å². The van der Waals surface area contributed by atoms with Gasteiger partial charge in [-0.1, -0.05) is 42.5 Å². The lowest BCUT2D eigenvalue weighted by molar-refractivity contribution is 0.245. The summed E-state index contributed by atoms with van der Waals surface area (Å²) in [4.78, 5) is 2.52. The summed E-state index contributed by atoms with van der Waals surface area (Å²) in [5.41, 5.74) is 1.29. The highest BCUT2D eigenvalue weighted by Gasteiger charge is 2.06. The lowest BCUT2D eigenvalue weighted by Crippen LogP contribution is -2.43. The minimum Gasteiger partial charge on any atom is -0.314 e. The van der Waals surface area contributed by atoms with Crippen LogP contribution in [0.5, 0.6) is 0 Å². The second-order valence-corrected chi connectivity index (χ2v) is 4.19. The van der Waals surface area contributed by atoms with Crippen molar-refractivity contribution in [3.8, 4) is 0 Å². The fraction of sp³-hybridized carbons (Fsp3) is 0.429. The average molecular weight is 253 g/mol. The van der Waals surface area contributed by atoms with Crippen LogP contribution in [0.4, 0.5) is 0 Å². The Bertz CT molecular complexity index is 318. The molecule has 1 heterocycles. The SMILES string of the molecule is C(=C\c1ccccc1)/CCN1CCNCC1.Cl. The van der Waals surface area contributed by atoms with Gasteiger partial charge in [-0.05, 0) is 12.0 Å². The van der Waals surface area contributed by atoms with Crippen LogP contribution < -0.4 is 5.32 Å². The molecule has 2 nitrogen and oxygen atoms in total. The Kier molecular flexibility index (Phi) is 6.94. The summed E-state index contributed by atoms with van der Waals surface area (Å²) in [6.07, 6.45) is 5.63. The fourth-order valence-electron chi connectivity index (χ4n) is 1.98. The fourth-order valence-corrected chi connectivity index (χ4v) is 1.98. The molecule has 1 saturated heterocycles. The normalized spacial score (nSPS) is 16.9. The van der Waals surface area contributed by atoms with Crippen molar-refractivity contribution in [3.05, 3.63) is 42.0 Å². The van der Waals surface area contributed by atoms with Gasteiger partial charge in [0.2, 0.25) is 0 Å². The van der Waals surface area contributed by atoms with E-state index in [1.807, 2.05) is 0 Å². The molecule has 1 N–H and O–H groups in total. The van der Waals surface area contributed by atoms with E-state index in [4.69, 9.17) is 0 Å². The Morgan fingerprint density at radius 3 is 2.53 bits per heavy atom. The van der Waals surface area contributed by atoms with E-state index in [1.165, 1.54) is 25.2 Å². The second kappa shape index (κ2) is 8.29. The Labute approximate surface area is 110 Å². The van der Waals surface area contributed by atoms with E-state index >= 15 is 0 Å². The van der Waals surface area contributed by atoms with Crippen molar-refractivity contribution in [1.82, 2.24) is 10.2 Å². The molecule has 17 heavy (non-hydrogen) atoms. The molecule has 3 heteroatoms. The number of rotatable bonds is 4. The molecule has 0 unspecified atom stereocenters. The molecule has 0 aromatic heterocycles. The zero-order valence-corrected chi connectivity index (χ0v) is 11.0. The highest BCUT2D eigenvalue weighted by Crippen LogP contribution is 2.02. The van der Waals surface area contributed by atoms with Crippen LogP contribution in [0.25, 0.3) is 6.08 Å². The van der Waals surface area contributed by atoms with Gasteiger partial charge in [0.25, 0.3) is 0 Å². The summed E-state index contributed by atoms with van der Waals surface area (Å²) in [6, 6.07) is 10.5. The third kappa shape index (κ3) is 5.35. The summed E-state index contributed by atoms with van der Waals surface area (Å²) in [5, 5.41) is 3.37. The summed E-state index contributed by atoms with van der Waals surface area (Å²) < 4.78 is 0. The van der Waals surface area contributed by atoms with E-state index in [1.54, 1.807) is 0 Å². The van der Waals surface area contributed by atoms with Crippen LogP contribution in [0.2, 0.25) is 0 Å². The van der Waals surface area contributed by atoms with Gasteiger partial charge in [0, 0.05) is 32.7 Å². The molecule has 2 rings (SSSR count). The molecule has 1 aliphatic heterocycles. The van der Waals surface area contributed by atoms with E-state index in [0.29, 0.717) is 0 Å². The summed E-state index contributed by atoms with van der Waals surface area (Å²) >= 11 is 0. The maximum absolute atomic E-state index is 3.37. The maximum atomic E-state index is 3.37. The Balaban J connectivity index is 0.00000144. The Morgan fingerprint density at radius 1 is 1.12 bits per heavy atom. The molecular formula is C14H21ClN2. The summed E-state index contributed by atoms with van der Waals surface area (Å²) in [7, 11) is 0. The number of piperazine rings is 1.